The molecule has 0 saturated heterocycles. The van der Waals surface area contributed by atoms with E-state index in [1.54, 1.807) is 0 Å². The number of aromatic nitrogens is 1. The average molecular weight is 318 g/mol. The summed E-state index contributed by atoms with van der Waals surface area (Å²) in [4.78, 5) is 3.43. The maximum absolute atomic E-state index is 3.45. The van der Waals surface area contributed by atoms with Crippen molar-refractivity contribution < 1.29 is 0 Å². The van der Waals surface area contributed by atoms with Crippen molar-refractivity contribution >= 4 is 38.6 Å². The highest BCUT2D eigenvalue weighted by Crippen LogP contribution is 2.26. The van der Waals surface area contributed by atoms with Crippen LogP contribution in [0.25, 0.3) is 10.9 Å². The van der Waals surface area contributed by atoms with Crippen LogP contribution in [-0.4, -0.2) is 4.98 Å². The van der Waals surface area contributed by atoms with Crippen LogP contribution in [-0.2, 0) is 5.75 Å². The smallest absolute Gasteiger partial charge is 0.0735 e. The van der Waals surface area contributed by atoms with Crippen LogP contribution in [0.1, 0.15) is 5.56 Å². The molecule has 1 N–H and O–H groups in total. The van der Waals surface area contributed by atoms with Crippen LogP contribution >= 0.6 is 27.7 Å². The predicted octanol–water partition coefficient (Wildman–Crippen LogP) is 5.22. The molecule has 0 spiro atoms. The van der Waals surface area contributed by atoms with E-state index in [1.165, 1.54) is 21.5 Å². The number of benzene rings is 2. The summed E-state index contributed by atoms with van der Waals surface area (Å²) in [7, 11) is 0. The first-order valence-electron chi connectivity index (χ1n) is 5.76. The number of aromatic amines is 1. The second-order valence-electron chi connectivity index (χ2n) is 4.14. The maximum Gasteiger partial charge on any atom is 0.0735 e. The van der Waals surface area contributed by atoms with Gasteiger partial charge in [0, 0.05) is 21.1 Å². The van der Waals surface area contributed by atoms with Gasteiger partial charge in [-0.1, -0.05) is 46.3 Å². The third-order valence-electron chi connectivity index (χ3n) is 2.81. The molecule has 0 amide bonds. The number of halogens is 1. The maximum atomic E-state index is 3.45. The van der Waals surface area contributed by atoms with Crippen LogP contribution in [0.4, 0.5) is 0 Å². The monoisotopic (exact) mass is 317 g/mol. The first kappa shape index (κ1) is 11.9. The van der Waals surface area contributed by atoms with Crippen molar-refractivity contribution in [2.75, 3.05) is 0 Å². The first-order chi connectivity index (χ1) is 8.81. The lowest BCUT2D eigenvalue weighted by Gasteiger charge is -1.99. The van der Waals surface area contributed by atoms with E-state index in [-0.39, 0.29) is 0 Å². The van der Waals surface area contributed by atoms with Crippen LogP contribution in [0.2, 0.25) is 0 Å². The standard InChI is InChI=1S/C15H12BrNS/c16-13-7-5-11(6-8-13)10-18-15-9-12-3-1-2-4-14(12)17-15/h1-9,17H,10H2. The van der Waals surface area contributed by atoms with Crippen LogP contribution in [0.5, 0.6) is 0 Å². The SMILES string of the molecule is Brc1ccc(CSc2cc3ccccc3[nH]2)cc1. The minimum atomic E-state index is 0.986. The number of thioether (sulfide) groups is 1. The van der Waals surface area contributed by atoms with Gasteiger partial charge in [0.05, 0.1) is 5.03 Å². The van der Waals surface area contributed by atoms with Crippen molar-refractivity contribution in [3.05, 3.63) is 64.6 Å². The molecule has 1 heterocycles. The summed E-state index contributed by atoms with van der Waals surface area (Å²) in [5.74, 6) is 0.986. The number of fused-ring (bicyclic) bond motifs is 1. The molecule has 2 aromatic carbocycles. The second kappa shape index (κ2) is 5.21. The van der Waals surface area contributed by atoms with Crippen molar-refractivity contribution in [3.8, 4) is 0 Å². The molecule has 18 heavy (non-hydrogen) atoms. The summed E-state index contributed by atoms with van der Waals surface area (Å²) >= 11 is 5.29. The lowest BCUT2D eigenvalue weighted by molar-refractivity contribution is 1.23. The summed E-state index contributed by atoms with van der Waals surface area (Å²) in [6, 6.07) is 19.1. The van der Waals surface area contributed by atoms with Gasteiger partial charge in [0.2, 0.25) is 0 Å². The number of nitrogens with one attached hydrogen (secondary N) is 1. The largest absolute Gasteiger partial charge is 0.350 e. The van der Waals surface area contributed by atoms with Crippen LogP contribution < -0.4 is 0 Å². The predicted molar refractivity (Wildman–Crippen MR) is 82.0 cm³/mol. The number of H-pyrrole nitrogens is 1. The van der Waals surface area contributed by atoms with Crippen molar-refractivity contribution in [2.24, 2.45) is 0 Å². The Hall–Kier alpha value is -1.19. The van der Waals surface area contributed by atoms with Gasteiger partial charge in [-0.2, -0.15) is 0 Å². The summed E-state index contributed by atoms with van der Waals surface area (Å²) in [6.07, 6.45) is 0. The summed E-state index contributed by atoms with van der Waals surface area (Å²) < 4.78 is 1.13. The molecule has 0 radical (unpaired) electrons. The summed E-state index contributed by atoms with van der Waals surface area (Å²) in [6.45, 7) is 0. The zero-order valence-electron chi connectivity index (χ0n) is 9.69. The van der Waals surface area contributed by atoms with E-state index in [0.717, 1.165) is 10.2 Å². The van der Waals surface area contributed by atoms with Crippen molar-refractivity contribution in [1.82, 2.24) is 4.98 Å². The third kappa shape index (κ3) is 2.62. The molecule has 1 aromatic heterocycles. The zero-order valence-corrected chi connectivity index (χ0v) is 12.1. The highest BCUT2D eigenvalue weighted by molar-refractivity contribution is 9.10. The minimum Gasteiger partial charge on any atom is -0.350 e. The molecule has 0 saturated carbocycles. The van der Waals surface area contributed by atoms with E-state index in [9.17, 15) is 0 Å². The Labute approximate surface area is 119 Å². The topological polar surface area (TPSA) is 15.8 Å². The molecule has 0 fully saturated rings. The van der Waals surface area contributed by atoms with Crippen molar-refractivity contribution in [2.45, 2.75) is 10.8 Å². The molecule has 0 aliphatic carbocycles. The highest BCUT2D eigenvalue weighted by atomic mass is 79.9. The van der Waals surface area contributed by atoms with Crippen LogP contribution in [0.3, 0.4) is 0 Å². The Morgan fingerprint density at radius 2 is 1.78 bits per heavy atom. The molecule has 3 rings (SSSR count). The number of hydrogen-bond donors (Lipinski definition) is 1. The van der Waals surface area contributed by atoms with E-state index >= 15 is 0 Å². The lowest BCUT2D eigenvalue weighted by Crippen LogP contribution is -1.79. The van der Waals surface area contributed by atoms with Crippen LogP contribution in [0, 0.1) is 0 Å². The van der Waals surface area contributed by atoms with Gasteiger partial charge in [0.1, 0.15) is 0 Å². The Morgan fingerprint density at radius 3 is 2.56 bits per heavy atom. The number of hydrogen-bond acceptors (Lipinski definition) is 1. The van der Waals surface area contributed by atoms with Gasteiger partial charge >= 0.3 is 0 Å². The van der Waals surface area contributed by atoms with E-state index < -0.39 is 0 Å². The van der Waals surface area contributed by atoms with Crippen molar-refractivity contribution in [1.29, 1.82) is 0 Å². The fourth-order valence-corrected chi connectivity index (χ4v) is 3.04. The van der Waals surface area contributed by atoms with E-state index in [1.807, 2.05) is 11.8 Å². The average Bonchev–Trinajstić information content (AvgIpc) is 2.81. The molecule has 0 aliphatic rings. The summed E-state index contributed by atoms with van der Waals surface area (Å²) in [5.41, 5.74) is 2.54. The Balaban J connectivity index is 1.74. The normalized spacial score (nSPS) is 10.9. The summed E-state index contributed by atoms with van der Waals surface area (Å²) in [5, 5.41) is 2.50. The van der Waals surface area contributed by atoms with Gasteiger partial charge in [-0.15, -0.1) is 11.8 Å². The van der Waals surface area contributed by atoms with Crippen molar-refractivity contribution in [3.63, 3.8) is 0 Å². The molecule has 0 unspecified atom stereocenters. The zero-order chi connectivity index (χ0) is 12.4. The molecular weight excluding hydrogens is 306 g/mol. The molecule has 0 atom stereocenters. The van der Waals surface area contributed by atoms with Gasteiger partial charge in [-0.3, -0.25) is 0 Å². The Kier molecular flexibility index (Phi) is 3.43. The molecule has 1 nitrogen and oxygen atoms in total. The first-order valence-corrected chi connectivity index (χ1v) is 7.54. The minimum absolute atomic E-state index is 0.986. The number of rotatable bonds is 3. The highest BCUT2D eigenvalue weighted by Gasteiger charge is 2.01. The van der Waals surface area contributed by atoms with Gasteiger partial charge in [-0.05, 0) is 29.8 Å². The molecule has 3 heteroatoms. The van der Waals surface area contributed by atoms with E-state index in [4.69, 9.17) is 0 Å². The van der Waals surface area contributed by atoms with Gasteiger partial charge < -0.3 is 4.98 Å². The van der Waals surface area contributed by atoms with Crippen LogP contribution in [0.15, 0.2) is 64.1 Å². The molecule has 0 bridgehead atoms. The van der Waals surface area contributed by atoms with E-state index in [0.29, 0.717) is 0 Å². The molecular formula is C15H12BrNS. The van der Waals surface area contributed by atoms with E-state index in [2.05, 4.69) is 75.5 Å². The van der Waals surface area contributed by atoms with Gasteiger partial charge in [0.15, 0.2) is 0 Å². The molecule has 90 valence electrons. The van der Waals surface area contributed by atoms with Gasteiger partial charge in [0.25, 0.3) is 0 Å². The Morgan fingerprint density at radius 1 is 1.00 bits per heavy atom. The lowest BCUT2D eigenvalue weighted by atomic mass is 10.2. The third-order valence-corrected chi connectivity index (χ3v) is 4.35. The number of para-hydroxylation sites is 1. The molecule has 3 aromatic rings. The fraction of sp³-hybridized carbons (Fsp3) is 0.0667. The van der Waals surface area contributed by atoms with Gasteiger partial charge in [-0.25, -0.2) is 0 Å². The second-order valence-corrected chi connectivity index (χ2v) is 6.07. The molecule has 0 aliphatic heterocycles. The quantitative estimate of drug-likeness (QED) is 0.654. The Bertz CT molecular complexity index is 625. The fourth-order valence-electron chi connectivity index (χ4n) is 1.87.